The van der Waals surface area contributed by atoms with E-state index < -0.39 is 16.9 Å². The number of nitro groups is 1. The van der Waals surface area contributed by atoms with Crippen molar-refractivity contribution in [2.75, 3.05) is 6.61 Å². The van der Waals surface area contributed by atoms with Gasteiger partial charge < -0.3 is 9.30 Å². The molecule has 6 rings (SSSR count). The molecule has 0 bridgehead atoms. The van der Waals surface area contributed by atoms with Gasteiger partial charge in [0.1, 0.15) is 0 Å². The molecule has 3 heterocycles. The monoisotopic (exact) mass is 606 g/mol. The van der Waals surface area contributed by atoms with Crippen molar-refractivity contribution in [1.29, 1.82) is 0 Å². The first-order valence-electron chi connectivity index (χ1n) is 14.2. The van der Waals surface area contributed by atoms with E-state index in [1.54, 1.807) is 32.9 Å². The second-order valence-electron chi connectivity index (χ2n) is 10.8. The summed E-state index contributed by atoms with van der Waals surface area (Å²) in [4.78, 5) is 43.8. The number of ether oxygens (including phenoxy) is 1. The number of aromatic nitrogens is 2. The number of nitrogens with zero attached hydrogens (tertiary/aromatic N) is 4. The Morgan fingerprint density at radius 3 is 2.57 bits per heavy atom. The molecule has 1 aliphatic rings. The number of carbonyl (C=O) groups excluding carboxylic acids is 1. The highest BCUT2D eigenvalue weighted by atomic mass is 32.1. The molecule has 44 heavy (non-hydrogen) atoms. The fourth-order valence-electron chi connectivity index (χ4n) is 5.73. The first-order chi connectivity index (χ1) is 21.2. The summed E-state index contributed by atoms with van der Waals surface area (Å²) in [6.07, 6.45) is 3.91. The second-order valence-corrected chi connectivity index (χ2v) is 11.8. The lowest BCUT2D eigenvalue weighted by Gasteiger charge is -2.24. The molecule has 0 saturated carbocycles. The van der Waals surface area contributed by atoms with E-state index in [4.69, 9.17) is 4.74 Å². The minimum atomic E-state index is -0.936. The summed E-state index contributed by atoms with van der Waals surface area (Å²) in [6, 6.07) is 20.1. The topological polar surface area (TPSA) is 109 Å². The summed E-state index contributed by atoms with van der Waals surface area (Å²) >= 11 is 1.22. The molecule has 0 radical (unpaired) electrons. The van der Waals surface area contributed by atoms with Gasteiger partial charge in [-0.25, -0.2) is 9.79 Å². The van der Waals surface area contributed by atoms with E-state index in [1.807, 2.05) is 42.6 Å². The Kier molecular flexibility index (Phi) is 7.60. The Morgan fingerprint density at radius 1 is 1.07 bits per heavy atom. The predicted octanol–water partition coefficient (Wildman–Crippen LogP) is 5.33. The van der Waals surface area contributed by atoms with Crippen molar-refractivity contribution in [2.24, 2.45) is 4.99 Å². The van der Waals surface area contributed by atoms with Crippen LogP contribution in [0.3, 0.4) is 0 Å². The molecule has 222 valence electrons. The van der Waals surface area contributed by atoms with Crippen LogP contribution in [0.15, 0.2) is 94.0 Å². The Labute approximate surface area is 256 Å². The fourth-order valence-corrected chi connectivity index (χ4v) is 6.77. The number of hydrogen-bond donors (Lipinski definition) is 0. The molecule has 2 aromatic heterocycles. The molecule has 0 unspecified atom stereocenters. The summed E-state index contributed by atoms with van der Waals surface area (Å²) in [5.74, 6) is -0.615. The summed E-state index contributed by atoms with van der Waals surface area (Å²) in [7, 11) is 0. The summed E-state index contributed by atoms with van der Waals surface area (Å²) in [6.45, 7) is 7.94. The highest BCUT2D eigenvalue weighted by Gasteiger charge is 2.34. The number of esters is 1. The van der Waals surface area contributed by atoms with E-state index in [2.05, 4.69) is 34.7 Å². The van der Waals surface area contributed by atoms with Crippen LogP contribution >= 0.6 is 11.3 Å². The van der Waals surface area contributed by atoms with Gasteiger partial charge in [-0.2, -0.15) is 0 Å². The van der Waals surface area contributed by atoms with Gasteiger partial charge in [-0.3, -0.25) is 19.5 Å². The van der Waals surface area contributed by atoms with Crippen LogP contribution in [0, 0.1) is 24.0 Å². The molecule has 0 spiro atoms. The van der Waals surface area contributed by atoms with E-state index in [0.29, 0.717) is 32.7 Å². The zero-order valence-corrected chi connectivity index (χ0v) is 25.6. The normalized spacial score (nSPS) is 14.9. The van der Waals surface area contributed by atoms with Gasteiger partial charge in [0.05, 0.1) is 33.4 Å². The number of rotatable bonds is 7. The molecule has 0 fully saturated rings. The molecule has 0 N–H and O–H groups in total. The maximum absolute atomic E-state index is 14.2. The number of thiazole rings is 1. The fraction of sp³-hybridized carbons (Fsp3) is 0.206. The molecule has 0 saturated heterocycles. The molecule has 10 heteroatoms. The van der Waals surface area contributed by atoms with E-state index in [9.17, 15) is 19.7 Å². The molecule has 1 atom stereocenters. The highest BCUT2D eigenvalue weighted by Crippen LogP contribution is 2.33. The smallest absolute Gasteiger partial charge is 0.338 e. The number of fused-ring (bicyclic) bond motifs is 2. The van der Waals surface area contributed by atoms with Crippen molar-refractivity contribution in [3.8, 4) is 0 Å². The number of benzene rings is 3. The average molecular weight is 607 g/mol. The number of hydrogen-bond acceptors (Lipinski definition) is 7. The Balaban J connectivity index is 1.54. The van der Waals surface area contributed by atoms with E-state index >= 15 is 0 Å². The van der Waals surface area contributed by atoms with Crippen molar-refractivity contribution in [3.05, 3.63) is 142 Å². The van der Waals surface area contributed by atoms with Gasteiger partial charge in [-0.1, -0.05) is 65.9 Å². The zero-order chi connectivity index (χ0) is 31.1. The molecule has 0 amide bonds. The van der Waals surface area contributed by atoms with Crippen LogP contribution < -0.4 is 14.9 Å². The Morgan fingerprint density at radius 2 is 1.82 bits per heavy atom. The third-order valence-electron chi connectivity index (χ3n) is 7.97. The van der Waals surface area contributed by atoms with Gasteiger partial charge in [-0.15, -0.1) is 0 Å². The van der Waals surface area contributed by atoms with Crippen LogP contribution in [0.5, 0.6) is 0 Å². The minimum absolute atomic E-state index is 0.0936. The molecular weight excluding hydrogens is 576 g/mol. The van der Waals surface area contributed by atoms with Crippen molar-refractivity contribution < 1.29 is 14.5 Å². The zero-order valence-electron chi connectivity index (χ0n) is 24.7. The van der Waals surface area contributed by atoms with Crippen LogP contribution in [-0.4, -0.2) is 26.6 Å². The van der Waals surface area contributed by atoms with E-state index in [1.165, 1.54) is 33.1 Å². The molecule has 0 aliphatic carbocycles. The number of para-hydroxylation sites is 1. The molecular formula is C34H30N4O5S. The molecule has 1 aliphatic heterocycles. The SMILES string of the molecule is CCOC(=O)C1=C(C)N=c2s/c(=C/c3cn(Cc4ccccc4C)c4ccccc34)c(=O)n2[C@@H]1c1ccc(C)c([N+](=O)[O-])c1. The van der Waals surface area contributed by atoms with Gasteiger partial charge in [-0.05, 0) is 56.5 Å². The van der Waals surface area contributed by atoms with Crippen molar-refractivity contribution in [3.63, 3.8) is 0 Å². The van der Waals surface area contributed by atoms with Crippen LogP contribution in [0.2, 0.25) is 0 Å². The quantitative estimate of drug-likeness (QED) is 0.141. The van der Waals surface area contributed by atoms with E-state index in [0.717, 1.165) is 16.5 Å². The summed E-state index contributed by atoms with van der Waals surface area (Å²) in [5, 5.41) is 12.8. The molecule has 3 aromatic carbocycles. The number of nitro benzene ring substituents is 1. The minimum Gasteiger partial charge on any atom is -0.463 e. The predicted molar refractivity (Wildman–Crippen MR) is 170 cm³/mol. The van der Waals surface area contributed by atoms with Gasteiger partial charge in [0.15, 0.2) is 4.80 Å². The van der Waals surface area contributed by atoms with Gasteiger partial charge in [0.25, 0.3) is 11.2 Å². The average Bonchev–Trinajstić information content (AvgIpc) is 3.50. The maximum atomic E-state index is 14.2. The lowest BCUT2D eigenvalue weighted by Crippen LogP contribution is -2.40. The van der Waals surface area contributed by atoms with Crippen molar-refractivity contribution in [2.45, 2.75) is 40.3 Å². The molecule has 9 nitrogen and oxygen atoms in total. The van der Waals surface area contributed by atoms with Gasteiger partial charge >= 0.3 is 5.97 Å². The third-order valence-corrected chi connectivity index (χ3v) is 8.95. The van der Waals surface area contributed by atoms with Crippen LogP contribution in [0.4, 0.5) is 5.69 Å². The first-order valence-corrected chi connectivity index (χ1v) is 15.1. The second kappa shape index (κ2) is 11.5. The van der Waals surface area contributed by atoms with Crippen molar-refractivity contribution >= 4 is 40.0 Å². The number of allylic oxidation sites excluding steroid dienone is 1. The third kappa shape index (κ3) is 5.07. The van der Waals surface area contributed by atoms with Crippen LogP contribution in [-0.2, 0) is 16.1 Å². The summed E-state index contributed by atoms with van der Waals surface area (Å²) < 4.78 is 9.43. The highest BCUT2D eigenvalue weighted by molar-refractivity contribution is 7.07. The maximum Gasteiger partial charge on any atom is 0.338 e. The lowest BCUT2D eigenvalue weighted by molar-refractivity contribution is -0.385. The standard InChI is InChI=1S/C34H30N4O5S/c1-5-43-33(40)30-22(4)35-34-37(31(30)23-15-14-21(3)28(16-23)38(41)42)32(39)29(44-34)17-25-19-36(27-13-9-8-12-26(25)27)18-24-11-7-6-10-20(24)2/h6-17,19,31H,5,18H2,1-4H3/b29-17+/t31-/m1/s1. The largest absolute Gasteiger partial charge is 0.463 e. The van der Waals surface area contributed by atoms with Gasteiger partial charge in [0, 0.05) is 40.8 Å². The number of carbonyl (C=O) groups is 1. The van der Waals surface area contributed by atoms with Crippen LogP contribution in [0.25, 0.3) is 17.0 Å². The van der Waals surface area contributed by atoms with Crippen molar-refractivity contribution in [1.82, 2.24) is 9.13 Å². The Bertz CT molecular complexity index is 2190. The Hall–Kier alpha value is -5.09. The summed E-state index contributed by atoms with van der Waals surface area (Å²) in [5.41, 5.74) is 5.38. The van der Waals surface area contributed by atoms with Gasteiger partial charge in [0.2, 0.25) is 0 Å². The first kappa shape index (κ1) is 29.0. The molecule has 5 aromatic rings. The van der Waals surface area contributed by atoms with E-state index in [-0.39, 0.29) is 23.4 Å². The number of aryl methyl sites for hydroxylation is 2. The lowest BCUT2D eigenvalue weighted by atomic mass is 9.94. The van der Waals surface area contributed by atoms with Crippen LogP contribution in [0.1, 0.15) is 47.7 Å².